The molecule has 0 aromatic carbocycles. The maximum absolute atomic E-state index is 10.7. The Labute approximate surface area is 72.6 Å². The Morgan fingerprint density at radius 2 is 2.33 bits per heavy atom. The van der Waals surface area contributed by atoms with Crippen molar-refractivity contribution in [3.63, 3.8) is 0 Å². The first-order chi connectivity index (χ1) is 5.77. The average molecular weight is 166 g/mol. The van der Waals surface area contributed by atoms with Crippen LogP contribution in [0, 0.1) is 11.8 Å². The van der Waals surface area contributed by atoms with Crippen molar-refractivity contribution in [2.24, 2.45) is 11.8 Å². The monoisotopic (exact) mass is 166 g/mol. The number of esters is 1. The van der Waals surface area contributed by atoms with Crippen LogP contribution < -0.4 is 0 Å². The standard InChI is InChI=1S/C10H14O2/c1-7(11)12-10-6-5-8-3-2-4-9(8)10/h2-3,8-10H,4-6H2,1H3/t8-,9-,10+/m0/s1. The van der Waals surface area contributed by atoms with Crippen LogP contribution in [0.25, 0.3) is 0 Å². The van der Waals surface area contributed by atoms with E-state index in [1.165, 1.54) is 13.3 Å². The van der Waals surface area contributed by atoms with Gasteiger partial charge in [0.1, 0.15) is 6.10 Å². The molecule has 2 aliphatic rings. The molecular weight excluding hydrogens is 152 g/mol. The predicted molar refractivity (Wildman–Crippen MR) is 45.5 cm³/mol. The molecule has 2 heteroatoms. The van der Waals surface area contributed by atoms with Crippen molar-refractivity contribution in [2.45, 2.75) is 32.3 Å². The molecule has 66 valence electrons. The third-order valence-corrected chi connectivity index (χ3v) is 2.92. The molecular formula is C10H14O2. The number of carbonyl (C=O) groups excluding carboxylic acids is 1. The Kier molecular flexibility index (Phi) is 1.91. The fourth-order valence-electron chi connectivity index (χ4n) is 2.40. The molecule has 0 N–H and O–H groups in total. The van der Waals surface area contributed by atoms with Crippen molar-refractivity contribution in [3.8, 4) is 0 Å². The van der Waals surface area contributed by atoms with Gasteiger partial charge in [0, 0.05) is 12.8 Å². The lowest BCUT2D eigenvalue weighted by Gasteiger charge is -2.17. The smallest absolute Gasteiger partial charge is 0.302 e. The second-order valence-corrected chi connectivity index (χ2v) is 3.72. The summed E-state index contributed by atoms with van der Waals surface area (Å²) in [6, 6.07) is 0. The molecule has 0 amide bonds. The van der Waals surface area contributed by atoms with Crippen molar-refractivity contribution >= 4 is 5.97 Å². The molecule has 0 radical (unpaired) electrons. The largest absolute Gasteiger partial charge is 0.462 e. The second-order valence-electron chi connectivity index (χ2n) is 3.72. The first-order valence-electron chi connectivity index (χ1n) is 4.61. The zero-order chi connectivity index (χ0) is 8.55. The number of carbonyl (C=O) groups is 1. The zero-order valence-electron chi connectivity index (χ0n) is 7.32. The van der Waals surface area contributed by atoms with Crippen LogP contribution in [0.3, 0.4) is 0 Å². The lowest BCUT2D eigenvalue weighted by atomic mass is 9.98. The van der Waals surface area contributed by atoms with Gasteiger partial charge in [-0.05, 0) is 25.2 Å². The maximum atomic E-state index is 10.7. The minimum absolute atomic E-state index is 0.132. The molecule has 0 saturated heterocycles. The van der Waals surface area contributed by atoms with E-state index in [-0.39, 0.29) is 12.1 Å². The molecule has 0 unspecified atom stereocenters. The van der Waals surface area contributed by atoms with Gasteiger partial charge in [-0.3, -0.25) is 4.79 Å². The number of allylic oxidation sites excluding steroid dienone is 2. The van der Waals surface area contributed by atoms with Crippen LogP contribution >= 0.6 is 0 Å². The number of hydrogen-bond acceptors (Lipinski definition) is 2. The highest BCUT2D eigenvalue weighted by atomic mass is 16.5. The van der Waals surface area contributed by atoms with E-state index >= 15 is 0 Å². The number of ether oxygens (including phenoxy) is 1. The number of fused-ring (bicyclic) bond motifs is 1. The maximum Gasteiger partial charge on any atom is 0.302 e. The third kappa shape index (κ3) is 1.26. The molecule has 3 atom stereocenters. The van der Waals surface area contributed by atoms with Crippen LogP contribution in [0.5, 0.6) is 0 Å². The Morgan fingerprint density at radius 1 is 1.50 bits per heavy atom. The van der Waals surface area contributed by atoms with Crippen LogP contribution in [-0.2, 0) is 9.53 Å². The van der Waals surface area contributed by atoms with E-state index in [1.54, 1.807) is 0 Å². The van der Waals surface area contributed by atoms with Gasteiger partial charge in [-0.15, -0.1) is 0 Å². The van der Waals surface area contributed by atoms with Crippen molar-refractivity contribution < 1.29 is 9.53 Å². The van der Waals surface area contributed by atoms with Gasteiger partial charge in [0.05, 0.1) is 0 Å². The molecule has 0 spiro atoms. The summed E-state index contributed by atoms with van der Waals surface area (Å²) < 4.78 is 5.25. The fraction of sp³-hybridized carbons (Fsp3) is 0.700. The van der Waals surface area contributed by atoms with E-state index in [2.05, 4.69) is 12.2 Å². The molecule has 2 nitrogen and oxygen atoms in total. The molecule has 2 aliphatic carbocycles. The van der Waals surface area contributed by atoms with E-state index < -0.39 is 0 Å². The van der Waals surface area contributed by atoms with E-state index in [0.717, 1.165) is 12.8 Å². The molecule has 1 fully saturated rings. The van der Waals surface area contributed by atoms with Gasteiger partial charge >= 0.3 is 5.97 Å². The summed E-state index contributed by atoms with van der Waals surface area (Å²) in [5.41, 5.74) is 0. The zero-order valence-corrected chi connectivity index (χ0v) is 7.32. The van der Waals surface area contributed by atoms with Crippen LogP contribution in [-0.4, -0.2) is 12.1 Å². The minimum Gasteiger partial charge on any atom is -0.462 e. The van der Waals surface area contributed by atoms with Gasteiger partial charge in [0.2, 0.25) is 0 Å². The van der Waals surface area contributed by atoms with E-state index in [4.69, 9.17) is 4.74 Å². The van der Waals surface area contributed by atoms with Gasteiger partial charge < -0.3 is 4.74 Å². The number of hydrogen-bond donors (Lipinski definition) is 0. The molecule has 0 aliphatic heterocycles. The second kappa shape index (κ2) is 2.92. The van der Waals surface area contributed by atoms with Crippen LogP contribution in [0.15, 0.2) is 12.2 Å². The molecule has 0 bridgehead atoms. The summed E-state index contributed by atoms with van der Waals surface area (Å²) in [4.78, 5) is 10.7. The fourth-order valence-corrected chi connectivity index (χ4v) is 2.40. The normalized spacial score (nSPS) is 38.2. The lowest BCUT2D eigenvalue weighted by Crippen LogP contribution is -2.21. The number of rotatable bonds is 1. The minimum atomic E-state index is -0.132. The van der Waals surface area contributed by atoms with Crippen molar-refractivity contribution in [3.05, 3.63) is 12.2 Å². The Balaban J connectivity index is 1.97. The Bertz CT molecular complexity index is 220. The molecule has 1 saturated carbocycles. The van der Waals surface area contributed by atoms with Gasteiger partial charge in [-0.2, -0.15) is 0 Å². The highest BCUT2D eigenvalue weighted by molar-refractivity contribution is 5.66. The van der Waals surface area contributed by atoms with Gasteiger partial charge in [0.15, 0.2) is 0 Å². The summed E-state index contributed by atoms with van der Waals surface area (Å²) in [6.07, 6.45) is 8.03. The molecule has 0 aromatic heterocycles. The summed E-state index contributed by atoms with van der Waals surface area (Å²) in [7, 11) is 0. The average Bonchev–Trinajstić information content (AvgIpc) is 2.52. The summed E-state index contributed by atoms with van der Waals surface area (Å²) in [6.45, 7) is 1.50. The third-order valence-electron chi connectivity index (χ3n) is 2.92. The van der Waals surface area contributed by atoms with Gasteiger partial charge in [0.25, 0.3) is 0 Å². The van der Waals surface area contributed by atoms with Gasteiger partial charge in [-0.1, -0.05) is 12.2 Å². The van der Waals surface area contributed by atoms with Crippen molar-refractivity contribution in [1.82, 2.24) is 0 Å². The first kappa shape index (κ1) is 7.84. The summed E-state index contributed by atoms with van der Waals surface area (Å²) in [5.74, 6) is 1.15. The summed E-state index contributed by atoms with van der Waals surface area (Å²) >= 11 is 0. The van der Waals surface area contributed by atoms with E-state index in [9.17, 15) is 4.79 Å². The highest BCUT2D eigenvalue weighted by Gasteiger charge is 2.38. The highest BCUT2D eigenvalue weighted by Crippen LogP contribution is 2.41. The van der Waals surface area contributed by atoms with E-state index in [0.29, 0.717) is 11.8 Å². The molecule has 0 heterocycles. The SMILES string of the molecule is CC(=O)O[C@@H]1CC[C@@H]2C=CC[C@@H]21. The van der Waals surface area contributed by atoms with Crippen LogP contribution in [0.4, 0.5) is 0 Å². The first-order valence-corrected chi connectivity index (χ1v) is 4.61. The molecule has 0 aromatic rings. The quantitative estimate of drug-likeness (QED) is 0.439. The lowest BCUT2D eigenvalue weighted by molar-refractivity contribution is -0.148. The van der Waals surface area contributed by atoms with Crippen LogP contribution in [0.2, 0.25) is 0 Å². The van der Waals surface area contributed by atoms with E-state index in [1.807, 2.05) is 0 Å². The Morgan fingerprint density at radius 3 is 3.08 bits per heavy atom. The van der Waals surface area contributed by atoms with Crippen molar-refractivity contribution in [1.29, 1.82) is 0 Å². The molecule has 12 heavy (non-hydrogen) atoms. The van der Waals surface area contributed by atoms with Crippen molar-refractivity contribution in [2.75, 3.05) is 0 Å². The Hall–Kier alpha value is -0.790. The topological polar surface area (TPSA) is 26.3 Å². The molecule has 2 rings (SSSR count). The van der Waals surface area contributed by atoms with Crippen LogP contribution in [0.1, 0.15) is 26.2 Å². The van der Waals surface area contributed by atoms with Gasteiger partial charge in [-0.25, -0.2) is 0 Å². The summed E-state index contributed by atoms with van der Waals surface area (Å²) in [5, 5.41) is 0. The predicted octanol–water partition coefficient (Wildman–Crippen LogP) is 1.90.